The lowest BCUT2D eigenvalue weighted by atomic mass is 10.1. The number of nitrogens with zero attached hydrogens (tertiary/aromatic N) is 2. The number of benzene rings is 3. The Morgan fingerprint density at radius 2 is 1.32 bits per heavy atom. The van der Waals surface area contributed by atoms with Crippen molar-refractivity contribution in [1.82, 2.24) is 9.97 Å². The van der Waals surface area contributed by atoms with Gasteiger partial charge in [0.1, 0.15) is 0 Å². The average molecular weight is 403 g/mol. The van der Waals surface area contributed by atoms with Gasteiger partial charge in [0.15, 0.2) is 5.82 Å². The van der Waals surface area contributed by atoms with E-state index in [0.717, 1.165) is 28.1 Å². The zero-order valence-electron chi connectivity index (χ0n) is 14.9. The molecule has 0 radical (unpaired) electrons. The van der Waals surface area contributed by atoms with Crippen molar-refractivity contribution in [3.63, 3.8) is 0 Å². The Bertz CT molecular complexity index is 1070. The second kappa shape index (κ2) is 8.39. The van der Waals surface area contributed by atoms with Crippen LogP contribution in [-0.2, 0) is 0 Å². The third kappa shape index (κ3) is 4.30. The molecule has 0 aliphatic rings. The topological polar surface area (TPSA) is 25.8 Å². The third-order valence-corrected chi connectivity index (χ3v) is 4.81. The molecule has 4 rings (SSSR count). The fourth-order valence-electron chi connectivity index (χ4n) is 2.84. The first-order chi connectivity index (χ1) is 13.7. The number of hydrogen-bond acceptors (Lipinski definition) is 2. The maximum absolute atomic E-state index is 6.28. The molecule has 0 atom stereocenters. The van der Waals surface area contributed by atoms with Gasteiger partial charge in [0, 0.05) is 21.2 Å². The molecule has 0 N–H and O–H groups in total. The van der Waals surface area contributed by atoms with Gasteiger partial charge in [0.25, 0.3) is 0 Å². The maximum Gasteiger partial charge on any atom is 0.160 e. The summed E-state index contributed by atoms with van der Waals surface area (Å²) < 4.78 is 0. The first-order valence-electron chi connectivity index (χ1n) is 8.82. The summed E-state index contributed by atoms with van der Waals surface area (Å²) in [6, 6.07) is 27.5. The van der Waals surface area contributed by atoms with E-state index in [0.29, 0.717) is 15.9 Å². The molecule has 0 aliphatic carbocycles. The highest BCUT2D eigenvalue weighted by atomic mass is 35.5. The molecule has 0 aliphatic heterocycles. The lowest BCUT2D eigenvalue weighted by Gasteiger charge is -2.07. The van der Waals surface area contributed by atoms with Crippen LogP contribution in [-0.4, -0.2) is 9.97 Å². The molecule has 3 aromatic carbocycles. The van der Waals surface area contributed by atoms with Gasteiger partial charge in [-0.15, -0.1) is 0 Å². The highest BCUT2D eigenvalue weighted by molar-refractivity contribution is 6.35. The smallest absolute Gasteiger partial charge is 0.160 e. The quantitative estimate of drug-likeness (QED) is 0.358. The number of aromatic nitrogens is 2. The summed E-state index contributed by atoms with van der Waals surface area (Å²) in [4.78, 5) is 9.49. The Hall–Kier alpha value is -2.94. The van der Waals surface area contributed by atoms with Gasteiger partial charge in [-0.3, -0.25) is 0 Å². The molecule has 136 valence electrons. The molecule has 0 fully saturated rings. The predicted octanol–water partition coefficient (Wildman–Crippen LogP) is 7.29. The Labute approximate surface area is 174 Å². The molecule has 0 unspecified atom stereocenters. The highest BCUT2D eigenvalue weighted by Crippen LogP contribution is 2.25. The molecule has 1 aromatic heterocycles. The van der Waals surface area contributed by atoms with Crippen LogP contribution < -0.4 is 0 Å². The van der Waals surface area contributed by atoms with Crippen LogP contribution >= 0.6 is 23.2 Å². The van der Waals surface area contributed by atoms with Crippen LogP contribution in [0.4, 0.5) is 0 Å². The third-order valence-electron chi connectivity index (χ3n) is 4.24. The van der Waals surface area contributed by atoms with Crippen LogP contribution in [0.25, 0.3) is 34.8 Å². The summed E-state index contributed by atoms with van der Waals surface area (Å²) in [7, 11) is 0. The zero-order valence-corrected chi connectivity index (χ0v) is 16.4. The molecule has 0 spiro atoms. The predicted molar refractivity (Wildman–Crippen MR) is 118 cm³/mol. The molecule has 0 saturated carbocycles. The molecule has 0 amide bonds. The van der Waals surface area contributed by atoms with E-state index in [1.807, 2.05) is 91.0 Å². The Morgan fingerprint density at radius 1 is 0.643 bits per heavy atom. The molecular weight excluding hydrogens is 387 g/mol. The van der Waals surface area contributed by atoms with Crippen molar-refractivity contribution in [2.24, 2.45) is 0 Å². The summed E-state index contributed by atoms with van der Waals surface area (Å²) in [6.45, 7) is 0. The van der Waals surface area contributed by atoms with Gasteiger partial charge < -0.3 is 0 Å². The highest BCUT2D eigenvalue weighted by Gasteiger charge is 2.07. The SMILES string of the molecule is Clc1ccc(C=Cc2cc(-c3ccccc3)nc(-c3ccccc3)n2)c(Cl)c1. The van der Waals surface area contributed by atoms with Crippen molar-refractivity contribution in [1.29, 1.82) is 0 Å². The van der Waals surface area contributed by atoms with E-state index < -0.39 is 0 Å². The van der Waals surface area contributed by atoms with Gasteiger partial charge >= 0.3 is 0 Å². The zero-order chi connectivity index (χ0) is 19.3. The Kier molecular flexibility index (Phi) is 5.52. The van der Waals surface area contributed by atoms with E-state index in [1.165, 1.54) is 0 Å². The van der Waals surface area contributed by atoms with Crippen LogP contribution in [0.3, 0.4) is 0 Å². The maximum atomic E-state index is 6.28. The van der Waals surface area contributed by atoms with E-state index in [9.17, 15) is 0 Å². The molecule has 0 bridgehead atoms. The lowest BCUT2D eigenvalue weighted by Crippen LogP contribution is -1.95. The minimum Gasteiger partial charge on any atom is -0.229 e. The van der Waals surface area contributed by atoms with E-state index in [1.54, 1.807) is 6.07 Å². The summed E-state index contributed by atoms with van der Waals surface area (Å²) in [5.74, 6) is 0.684. The summed E-state index contributed by atoms with van der Waals surface area (Å²) in [6.07, 6.45) is 3.88. The van der Waals surface area contributed by atoms with E-state index in [2.05, 4.69) is 0 Å². The Balaban J connectivity index is 1.79. The van der Waals surface area contributed by atoms with Crippen molar-refractivity contribution in [3.05, 3.63) is 106 Å². The van der Waals surface area contributed by atoms with Gasteiger partial charge in [0.05, 0.1) is 11.4 Å². The molecule has 1 heterocycles. The van der Waals surface area contributed by atoms with Crippen LogP contribution in [0.1, 0.15) is 11.3 Å². The molecule has 28 heavy (non-hydrogen) atoms. The fourth-order valence-corrected chi connectivity index (χ4v) is 3.31. The van der Waals surface area contributed by atoms with Crippen LogP contribution in [0.2, 0.25) is 10.0 Å². The molecule has 2 nitrogen and oxygen atoms in total. The first-order valence-corrected chi connectivity index (χ1v) is 9.58. The molecular formula is C24H16Cl2N2. The lowest BCUT2D eigenvalue weighted by molar-refractivity contribution is 1.16. The van der Waals surface area contributed by atoms with Gasteiger partial charge in [-0.2, -0.15) is 0 Å². The van der Waals surface area contributed by atoms with Crippen molar-refractivity contribution >= 4 is 35.4 Å². The fraction of sp³-hybridized carbons (Fsp3) is 0. The van der Waals surface area contributed by atoms with Crippen molar-refractivity contribution in [2.75, 3.05) is 0 Å². The number of hydrogen-bond donors (Lipinski definition) is 0. The van der Waals surface area contributed by atoms with Crippen LogP contribution in [0, 0.1) is 0 Å². The molecule has 4 aromatic rings. The second-order valence-corrected chi connectivity index (χ2v) is 7.08. The summed E-state index contributed by atoms with van der Waals surface area (Å²) >= 11 is 12.3. The van der Waals surface area contributed by atoms with Gasteiger partial charge in [-0.1, -0.05) is 96.0 Å². The monoisotopic (exact) mass is 402 g/mol. The van der Waals surface area contributed by atoms with Crippen LogP contribution in [0.15, 0.2) is 84.9 Å². The second-order valence-electron chi connectivity index (χ2n) is 6.23. The normalized spacial score (nSPS) is 11.1. The van der Waals surface area contributed by atoms with Crippen molar-refractivity contribution in [2.45, 2.75) is 0 Å². The minimum absolute atomic E-state index is 0.601. The average Bonchev–Trinajstić information content (AvgIpc) is 2.74. The summed E-state index contributed by atoms with van der Waals surface area (Å²) in [5.41, 5.74) is 4.57. The molecule has 4 heteroatoms. The van der Waals surface area contributed by atoms with E-state index in [4.69, 9.17) is 33.2 Å². The Morgan fingerprint density at radius 3 is 2.00 bits per heavy atom. The van der Waals surface area contributed by atoms with Gasteiger partial charge in [0.2, 0.25) is 0 Å². The van der Waals surface area contributed by atoms with E-state index >= 15 is 0 Å². The van der Waals surface area contributed by atoms with E-state index in [-0.39, 0.29) is 0 Å². The molecule has 0 saturated heterocycles. The van der Waals surface area contributed by atoms with Crippen molar-refractivity contribution < 1.29 is 0 Å². The first kappa shape index (κ1) is 18.4. The van der Waals surface area contributed by atoms with Gasteiger partial charge in [-0.25, -0.2) is 9.97 Å². The summed E-state index contributed by atoms with van der Waals surface area (Å²) in [5, 5.41) is 1.21. The minimum atomic E-state index is 0.601. The standard InChI is InChI=1S/C24H16Cl2N2/c25-20-13-11-17(22(26)15-20)12-14-21-16-23(18-7-3-1-4-8-18)28-24(27-21)19-9-5-2-6-10-19/h1-16H. The number of halogens is 2. The number of rotatable bonds is 4. The van der Waals surface area contributed by atoms with Crippen LogP contribution in [0.5, 0.6) is 0 Å². The van der Waals surface area contributed by atoms with Crippen molar-refractivity contribution in [3.8, 4) is 22.6 Å². The largest absolute Gasteiger partial charge is 0.229 e. The van der Waals surface area contributed by atoms with Gasteiger partial charge in [-0.05, 0) is 29.8 Å².